The van der Waals surface area contributed by atoms with Gasteiger partial charge in [-0.3, -0.25) is 4.79 Å². The Labute approximate surface area is 98.5 Å². The number of aryl methyl sites for hydroxylation is 1. The summed E-state index contributed by atoms with van der Waals surface area (Å²) in [6.07, 6.45) is 4.27. The summed E-state index contributed by atoms with van der Waals surface area (Å²) >= 11 is 0. The van der Waals surface area contributed by atoms with E-state index in [-0.39, 0.29) is 11.5 Å². The Morgan fingerprint density at radius 1 is 1.29 bits per heavy atom. The van der Waals surface area contributed by atoms with Crippen LogP contribution in [0.3, 0.4) is 0 Å². The van der Waals surface area contributed by atoms with Crippen molar-refractivity contribution in [1.29, 1.82) is 0 Å². The van der Waals surface area contributed by atoms with Crippen LogP contribution in [0.4, 0.5) is 0 Å². The van der Waals surface area contributed by atoms with E-state index >= 15 is 0 Å². The molecular weight excluding hydrogens is 216 g/mol. The van der Waals surface area contributed by atoms with Gasteiger partial charge in [0.2, 0.25) is 0 Å². The molecule has 0 fully saturated rings. The first kappa shape index (κ1) is 10.1. The standard InChI is InChI=1S/C13H12N2O2/c16-11-5-2-4-10(7-11)15-8-9-3-1-6-12(17)13(9)14-15/h2,4-5,7-8,16H,1,3,6H2. The molecule has 0 saturated heterocycles. The Morgan fingerprint density at radius 2 is 2.18 bits per heavy atom. The molecular formula is C13H12N2O2. The van der Waals surface area contributed by atoms with Crippen LogP contribution in [0.15, 0.2) is 30.5 Å². The molecule has 17 heavy (non-hydrogen) atoms. The van der Waals surface area contributed by atoms with E-state index in [0.29, 0.717) is 12.1 Å². The van der Waals surface area contributed by atoms with Crippen LogP contribution in [0.2, 0.25) is 0 Å². The Bertz CT molecular complexity index is 587. The van der Waals surface area contributed by atoms with E-state index in [1.807, 2.05) is 12.3 Å². The molecule has 1 N–H and O–H groups in total. The number of carbonyl (C=O) groups excluding carboxylic acids is 1. The highest BCUT2D eigenvalue weighted by molar-refractivity contribution is 5.96. The number of rotatable bonds is 1. The topological polar surface area (TPSA) is 55.1 Å². The third-order valence-corrected chi connectivity index (χ3v) is 3.00. The molecule has 1 aliphatic rings. The summed E-state index contributed by atoms with van der Waals surface area (Å²) in [7, 11) is 0. The Balaban J connectivity index is 2.08. The van der Waals surface area contributed by atoms with Gasteiger partial charge in [0.1, 0.15) is 11.4 Å². The fourth-order valence-corrected chi connectivity index (χ4v) is 2.15. The first-order valence-electron chi connectivity index (χ1n) is 5.65. The van der Waals surface area contributed by atoms with Crippen LogP contribution >= 0.6 is 0 Å². The normalized spacial score (nSPS) is 14.7. The molecule has 0 radical (unpaired) electrons. The predicted molar refractivity (Wildman–Crippen MR) is 62.5 cm³/mol. The zero-order chi connectivity index (χ0) is 11.8. The highest BCUT2D eigenvalue weighted by atomic mass is 16.3. The summed E-state index contributed by atoms with van der Waals surface area (Å²) < 4.78 is 1.66. The number of ketones is 1. The molecule has 1 aliphatic carbocycles. The van der Waals surface area contributed by atoms with Gasteiger partial charge in [-0.15, -0.1) is 0 Å². The average Bonchev–Trinajstić information content (AvgIpc) is 2.74. The maximum absolute atomic E-state index is 11.7. The maximum atomic E-state index is 11.7. The number of aromatic nitrogens is 2. The second kappa shape index (κ2) is 3.73. The number of nitrogens with zero attached hydrogens (tertiary/aromatic N) is 2. The summed E-state index contributed by atoms with van der Waals surface area (Å²) in [5.41, 5.74) is 2.36. The first-order valence-corrected chi connectivity index (χ1v) is 5.65. The molecule has 1 aromatic heterocycles. The minimum atomic E-state index is 0.116. The van der Waals surface area contributed by atoms with Gasteiger partial charge in [0.15, 0.2) is 5.78 Å². The van der Waals surface area contributed by atoms with Crippen LogP contribution in [0, 0.1) is 0 Å². The lowest BCUT2D eigenvalue weighted by Crippen LogP contribution is -2.09. The van der Waals surface area contributed by atoms with Crippen LogP contribution in [0.1, 0.15) is 28.9 Å². The third kappa shape index (κ3) is 1.71. The predicted octanol–water partition coefficient (Wildman–Crippen LogP) is 2.10. The molecule has 4 heteroatoms. The minimum absolute atomic E-state index is 0.116. The van der Waals surface area contributed by atoms with Gasteiger partial charge >= 0.3 is 0 Å². The number of benzene rings is 1. The summed E-state index contributed by atoms with van der Waals surface area (Å²) in [4.78, 5) is 11.7. The number of fused-ring (bicyclic) bond motifs is 1. The van der Waals surface area contributed by atoms with Crippen molar-refractivity contribution in [3.63, 3.8) is 0 Å². The molecule has 2 aromatic rings. The van der Waals surface area contributed by atoms with Crippen molar-refractivity contribution in [2.75, 3.05) is 0 Å². The van der Waals surface area contributed by atoms with Crippen LogP contribution in [0.5, 0.6) is 5.75 Å². The monoisotopic (exact) mass is 228 g/mol. The first-order chi connectivity index (χ1) is 8.24. The Hall–Kier alpha value is -2.10. The highest BCUT2D eigenvalue weighted by Gasteiger charge is 2.21. The fourth-order valence-electron chi connectivity index (χ4n) is 2.15. The molecule has 0 atom stereocenters. The van der Waals surface area contributed by atoms with Crippen LogP contribution in [-0.4, -0.2) is 20.7 Å². The van der Waals surface area contributed by atoms with Crippen molar-refractivity contribution in [1.82, 2.24) is 9.78 Å². The molecule has 1 aromatic carbocycles. The average molecular weight is 228 g/mol. The molecule has 3 rings (SSSR count). The number of aromatic hydroxyl groups is 1. The summed E-state index contributed by atoms with van der Waals surface area (Å²) in [6, 6.07) is 6.84. The van der Waals surface area contributed by atoms with Gasteiger partial charge in [-0.1, -0.05) is 6.07 Å². The third-order valence-electron chi connectivity index (χ3n) is 3.00. The van der Waals surface area contributed by atoms with Crippen molar-refractivity contribution in [2.45, 2.75) is 19.3 Å². The lowest BCUT2D eigenvalue weighted by atomic mass is 9.97. The highest BCUT2D eigenvalue weighted by Crippen LogP contribution is 2.22. The van der Waals surface area contributed by atoms with Gasteiger partial charge in [-0.05, 0) is 25.0 Å². The minimum Gasteiger partial charge on any atom is -0.508 e. The van der Waals surface area contributed by atoms with Crippen LogP contribution < -0.4 is 0 Å². The maximum Gasteiger partial charge on any atom is 0.183 e. The van der Waals surface area contributed by atoms with Gasteiger partial charge in [0, 0.05) is 24.2 Å². The smallest absolute Gasteiger partial charge is 0.183 e. The summed E-state index contributed by atoms with van der Waals surface area (Å²) in [6.45, 7) is 0. The number of phenolic OH excluding ortho intramolecular Hbond substituents is 1. The van der Waals surface area contributed by atoms with Gasteiger partial charge < -0.3 is 5.11 Å². The fraction of sp³-hybridized carbons (Fsp3) is 0.231. The molecule has 0 aliphatic heterocycles. The Morgan fingerprint density at radius 3 is 2.94 bits per heavy atom. The molecule has 86 valence electrons. The second-order valence-corrected chi connectivity index (χ2v) is 4.24. The van der Waals surface area contributed by atoms with Gasteiger partial charge in [-0.2, -0.15) is 5.10 Å². The molecule has 0 saturated carbocycles. The second-order valence-electron chi connectivity index (χ2n) is 4.24. The lowest BCUT2D eigenvalue weighted by Gasteiger charge is -2.05. The van der Waals surface area contributed by atoms with E-state index in [0.717, 1.165) is 24.1 Å². The molecule has 0 amide bonds. The molecule has 1 heterocycles. The van der Waals surface area contributed by atoms with E-state index in [1.165, 1.54) is 0 Å². The quantitative estimate of drug-likeness (QED) is 0.813. The number of hydrogen-bond acceptors (Lipinski definition) is 3. The van der Waals surface area contributed by atoms with Gasteiger partial charge in [0.25, 0.3) is 0 Å². The Kier molecular flexibility index (Phi) is 2.21. The summed E-state index contributed by atoms with van der Waals surface area (Å²) in [5.74, 6) is 0.312. The van der Waals surface area contributed by atoms with E-state index in [1.54, 1.807) is 22.9 Å². The SMILES string of the molecule is O=C1CCCc2cn(-c3cccc(O)c3)nc21. The molecule has 4 nitrogen and oxygen atoms in total. The number of carbonyl (C=O) groups is 1. The molecule has 0 bridgehead atoms. The van der Waals surface area contributed by atoms with Gasteiger partial charge in [0.05, 0.1) is 5.69 Å². The van der Waals surface area contributed by atoms with E-state index < -0.39 is 0 Å². The zero-order valence-electron chi connectivity index (χ0n) is 9.26. The number of phenols is 1. The van der Waals surface area contributed by atoms with E-state index in [9.17, 15) is 9.90 Å². The number of Topliss-reactive ketones (excluding diaryl/α,β-unsaturated/α-hetero) is 1. The van der Waals surface area contributed by atoms with E-state index in [2.05, 4.69) is 5.10 Å². The largest absolute Gasteiger partial charge is 0.508 e. The van der Waals surface area contributed by atoms with Crippen LogP contribution in [-0.2, 0) is 6.42 Å². The molecule has 0 unspecified atom stereocenters. The number of hydrogen-bond donors (Lipinski definition) is 1. The zero-order valence-corrected chi connectivity index (χ0v) is 9.26. The van der Waals surface area contributed by atoms with Crippen molar-refractivity contribution >= 4 is 5.78 Å². The van der Waals surface area contributed by atoms with Crippen molar-refractivity contribution < 1.29 is 9.90 Å². The molecule has 0 spiro atoms. The van der Waals surface area contributed by atoms with Gasteiger partial charge in [-0.25, -0.2) is 4.68 Å². The summed E-state index contributed by atoms with van der Waals surface area (Å²) in [5, 5.41) is 13.7. The van der Waals surface area contributed by atoms with Crippen molar-refractivity contribution in [3.05, 3.63) is 41.7 Å². The van der Waals surface area contributed by atoms with Crippen molar-refractivity contribution in [2.24, 2.45) is 0 Å². The lowest BCUT2D eigenvalue weighted by molar-refractivity contribution is 0.0967. The van der Waals surface area contributed by atoms with E-state index in [4.69, 9.17) is 0 Å². The van der Waals surface area contributed by atoms with Crippen LogP contribution in [0.25, 0.3) is 5.69 Å². The van der Waals surface area contributed by atoms with Crippen molar-refractivity contribution in [3.8, 4) is 11.4 Å².